The van der Waals surface area contributed by atoms with E-state index in [2.05, 4.69) is 10.4 Å². The number of benzene rings is 1. The molecule has 3 heterocycles. The Kier molecular flexibility index (Phi) is 5.04. The number of aryl methyl sites for hydroxylation is 1. The van der Waals surface area contributed by atoms with E-state index in [1.165, 1.54) is 7.05 Å². The zero-order valence-electron chi connectivity index (χ0n) is 15.9. The third-order valence-electron chi connectivity index (χ3n) is 5.66. The third kappa shape index (κ3) is 3.89. The average Bonchev–Trinajstić information content (AvgIpc) is 3.32. The molecule has 2 aliphatic heterocycles. The van der Waals surface area contributed by atoms with Gasteiger partial charge >= 0.3 is 12.4 Å². The van der Waals surface area contributed by atoms with Crippen LogP contribution in [-0.4, -0.2) is 39.1 Å². The van der Waals surface area contributed by atoms with Crippen molar-refractivity contribution in [2.45, 2.75) is 43.0 Å². The van der Waals surface area contributed by atoms with E-state index >= 15 is 0 Å². The molecule has 4 rings (SSSR count). The molecule has 2 bridgehead atoms. The monoisotopic (exact) mass is 449 g/mol. The largest absolute Gasteiger partial charge is 0.435 e. The van der Waals surface area contributed by atoms with Crippen molar-refractivity contribution < 1.29 is 41.0 Å². The Bertz CT molecular complexity index is 985. The van der Waals surface area contributed by atoms with Gasteiger partial charge in [-0.15, -0.1) is 0 Å². The summed E-state index contributed by atoms with van der Waals surface area (Å²) in [5, 5.41) is 16.2. The van der Waals surface area contributed by atoms with E-state index in [-0.39, 0.29) is 17.8 Å². The first kappa shape index (κ1) is 21.6. The highest BCUT2D eigenvalue weighted by Gasteiger charge is 2.58. The lowest BCUT2D eigenvalue weighted by Crippen LogP contribution is -2.41. The number of aliphatic hydroxyl groups is 1. The lowest BCUT2D eigenvalue weighted by molar-refractivity contribution is -0.141. The highest BCUT2D eigenvalue weighted by molar-refractivity contribution is 5.94. The number of carbonyl (C=O) groups is 1. The fourth-order valence-electron chi connectivity index (χ4n) is 4.30. The van der Waals surface area contributed by atoms with Crippen LogP contribution in [0.2, 0.25) is 0 Å². The van der Waals surface area contributed by atoms with E-state index in [1.54, 1.807) is 0 Å². The summed E-state index contributed by atoms with van der Waals surface area (Å²) in [5.74, 6) is -2.48. The summed E-state index contributed by atoms with van der Waals surface area (Å²) in [7, 11) is 1.30. The Labute approximate surface area is 171 Å². The molecule has 2 N–H and O–H groups in total. The minimum Gasteiger partial charge on any atom is -0.390 e. The normalized spacial score (nSPS) is 28.2. The predicted octanol–water partition coefficient (Wildman–Crippen LogP) is 3.33. The molecule has 0 spiro atoms. The van der Waals surface area contributed by atoms with E-state index in [0.29, 0.717) is 0 Å². The number of anilines is 1. The van der Waals surface area contributed by atoms with Crippen molar-refractivity contribution in [2.75, 3.05) is 5.32 Å². The number of ether oxygens (including phenoxy) is 1. The Morgan fingerprint density at radius 2 is 1.81 bits per heavy atom. The van der Waals surface area contributed by atoms with E-state index in [0.717, 1.165) is 35.0 Å². The van der Waals surface area contributed by atoms with Crippen molar-refractivity contribution in [3.05, 3.63) is 47.3 Å². The minimum absolute atomic E-state index is 0.0751. The molecule has 0 saturated carbocycles. The van der Waals surface area contributed by atoms with Gasteiger partial charge in [0.2, 0.25) is 5.91 Å². The van der Waals surface area contributed by atoms with Gasteiger partial charge in [-0.3, -0.25) is 9.48 Å². The first-order chi connectivity index (χ1) is 14.4. The van der Waals surface area contributed by atoms with Gasteiger partial charge in [0.15, 0.2) is 5.69 Å². The first-order valence-electron chi connectivity index (χ1n) is 9.29. The van der Waals surface area contributed by atoms with Gasteiger partial charge in [-0.25, -0.2) is 0 Å². The molecule has 2 aromatic rings. The van der Waals surface area contributed by atoms with Crippen molar-refractivity contribution in [2.24, 2.45) is 13.0 Å². The zero-order chi connectivity index (χ0) is 22.7. The first-order valence-corrected chi connectivity index (χ1v) is 9.29. The maximum Gasteiger partial charge on any atom is 0.435 e. The molecule has 2 aliphatic rings. The predicted molar refractivity (Wildman–Crippen MR) is 93.8 cm³/mol. The fourth-order valence-corrected chi connectivity index (χ4v) is 4.30. The van der Waals surface area contributed by atoms with Gasteiger partial charge in [-0.05, 0) is 30.3 Å². The molecule has 6 nitrogen and oxygen atoms in total. The molecular weight excluding hydrogens is 432 g/mol. The summed E-state index contributed by atoms with van der Waals surface area (Å²) < 4.78 is 84.0. The van der Waals surface area contributed by atoms with Crippen LogP contribution in [0.15, 0.2) is 30.3 Å². The Balaban J connectivity index is 1.61. The van der Waals surface area contributed by atoms with E-state index in [4.69, 9.17) is 4.74 Å². The number of hydrogen-bond donors (Lipinski definition) is 2. The number of aromatic nitrogens is 2. The molecule has 0 radical (unpaired) electrons. The molecule has 12 heteroatoms. The number of carbonyl (C=O) groups excluding carboxylic acids is 1. The fraction of sp³-hybridized carbons (Fsp3) is 0.474. The van der Waals surface area contributed by atoms with Crippen molar-refractivity contribution in [1.29, 1.82) is 0 Å². The molecule has 1 aromatic heterocycles. The van der Waals surface area contributed by atoms with E-state index in [1.807, 2.05) is 0 Å². The van der Waals surface area contributed by atoms with Crippen molar-refractivity contribution in [3.8, 4) is 0 Å². The van der Waals surface area contributed by atoms with Crippen LogP contribution in [0.3, 0.4) is 0 Å². The SMILES string of the molecule is Cn1nc(C(F)(F)F)cc1[C@H]1[C@H]2O[C@H](C[C@@H]2O)[C@@H]1C(=O)Nc1ccc(C(F)(F)F)cc1. The number of nitrogens with one attached hydrogen (secondary N) is 1. The maximum atomic E-state index is 13.1. The molecule has 1 aromatic carbocycles. The van der Waals surface area contributed by atoms with Gasteiger partial charge in [0, 0.05) is 30.8 Å². The number of nitrogens with zero attached hydrogens (tertiary/aromatic N) is 2. The van der Waals surface area contributed by atoms with Crippen LogP contribution >= 0.6 is 0 Å². The van der Waals surface area contributed by atoms with Crippen molar-refractivity contribution in [3.63, 3.8) is 0 Å². The second-order valence-electron chi connectivity index (χ2n) is 7.63. The number of fused-ring (bicyclic) bond motifs is 2. The van der Waals surface area contributed by atoms with Crippen LogP contribution in [0.4, 0.5) is 32.0 Å². The Hall–Kier alpha value is -2.60. The van der Waals surface area contributed by atoms with Gasteiger partial charge < -0.3 is 15.2 Å². The smallest absolute Gasteiger partial charge is 0.390 e. The van der Waals surface area contributed by atoms with Crippen LogP contribution in [0, 0.1) is 5.92 Å². The number of halogens is 6. The van der Waals surface area contributed by atoms with Gasteiger partial charge in [0.05, 0.1) is 29.8 Å². The van der Waals surface area contributed by atoms with Crippen LogP contribution in [0.1, 0.15) is 29.3 Å². The van der Waals surface area contributed by atoms with Gasteiger partial charge in [-0.1, -0.05) is 0 Å². The second-order valence-corrected chi connectivity index (χ2v) is 7.63. The van der Waals surface area contributed by atoms with Crippen molar-refractivity contribution >= 4 is 11.6 Å². The van der Waals surface area contributed by atoms with Crippen LogP contribution in [0.5, 0.6) is 0 Å². The summed E-state index contributed by atoms with van der Waals surface area (Å²) in [5.41, 5.74) is -1.85. The number of aliphatic hydroxyl groups excluding tert-OH is 1. The molecule has 2 saturated heterocycles. The quantitative estimate of drug-likeness (QED) is 0.705. The highest BCUT2D eigenvalue weighted by atomic mass is 19.4. The summed E-state index contributed by atoms with van der Waals surface area (Å²) in [6.45, 7) is 0. The topological polar surface area (TPSA) is 76.4 Å². The molecule has 0 unspecified atom stereocenters. The van der Waals surface area contributed by atoms with E-state index in [9.17, 15) is 36.2 Å². The Morgan fingerprint density at radius 3 is 2.35 bits per heavy atom. The average molecular weight is 449 g/mol. The number of alkyl halides is 6. The van der Waals surface area contributed by atoms with Gasteiger partial charge in [-0.2, -0.15) is 31.4 Å². The summed E-state index contributed by atoms with van der Waals surface area (Å²) >= 11 is 0. The lowest BCUT2D eigenvalue weighted by Gasteiger charge is -2.29. The van der Waals surface area contributed by atoms with Crippen molar-refractivity contribution in [1.82, 2.24) is 9.78 Å². The third-order valence-corrected chi connectivity index (χ3v) is 5.66. The lowest BCUT2D eigenvalue weighted by atomic mass is 9.75. The minimum atomic E-state index is -4.69. The summed E-state index contributed by atoms with van der Waals surface area (Å²) in [6, 6.07) is 4.62. The second kappa shape index (κ2) is 7.23. The van der Waals surface area contributed by atoms with Crippen LogP contribution in [0.25, 0.3) is 0 Å². The molecule has 1 amide bonds. The zero-order valence-corrected chi connectivity index (χ0v) is 15.9. The number of rotatable bonds is 3. The number of amides is 1. The molecular formula is C19H17F6N3O3. The van der Waals surface area contributed by atoms with Gasteiger partial charge in [0.25, 0.3) is 0 Å². The summed E-state index contributed by atoms with van der Waals surface area (Å²) in [6.07, 6.45) is -11.7. The van der Waals surface area contributed by atoms with E-state index < -0.39 is 59.7 Å². The van der Waals surface area contributed by atoms with Gasteiger partial charge in [0.1, 0.15) is 0 Å². The summed E-state index contributed by atoms with van der Waals surface area (Å²) in [4.78, 5) is 12.9. The Morgan fingerprint density at radius 1 is 1.16 bits per heavy atom. The molecule has 2 fully saturated rings. The molecule has 5 atom stereocenters. The van der Waals surface area contributed by atoms with Crippen LogP contribution in [-0.2, 0) is 28.9 Å². The standard InChI is InChI=1S/C19H17F6N3O3/c1-28-10(6-13(27-28)19(23,24)25)14-15(12-7-11(29)16(14)31-12)17(30)26-9-4-2-8(3-5-9)18(20,21)22/h2-6,11-12,14-16,29H,7H2,1H3,(H,26,30)/t11-,12+,14+,15-,16-/m0/s1. The van der Waals surface area contributed by atoms with Crippen LogP contribution < -0.4 is 5.32 Å². The molecule has 0 aliphatic carbocycles. The number of hydrogen-bond acceptors (Lipinski definition) is 4. The maximum absolute atomic E-state index is 13.1. The highest BCUT2D eigenvalue weighted by Crippen LogP contribution is 2.50. The molecule has 31 heavy (non-hydrogen) atoms. The molecule has 168 valence electrons.